The Morgan fingerprint density at radius 1 is 0.886 bits per heavy atom. The number of barbiturate groups is 1. The van der Waals surface area contributed by atoms with E-state index in [0.717, 1.165) is 21.6 Å². The quantitative estimate of drug-likeness (QED) is 0.411. The number of hydrogen-bond donors (Lipinski definition) is 1. The Bertz CT molecular complexity index is 1340. The van der Waals surface area contributed by atoms with Crippen LogP contribution < -0.4 is 19.7 Å². The summed E-state index contributed by atoms with van der Waals surface area (Å²) in [6, 6.07) is 17.3. The van der Waals surface area contributed by atoms with Gasteiger partial charge in [0.05, 0.1) is 12.8 Å². The molecule has 4 amide bonds. The van der Waals surface area contributed by atoms with Crippen molar-refractivity contribution in [3.8, 4) is 11.5 Å². The molecule has 1 aliphatic heterocycles. The zero-order chi connectivity index (χ0) is 25.1. The minimum Gasteiger partial charge on any atom is -0.497 e. The van der Waals surface area contributed by atoms with Crippen molar-refractivity contribution in [2.24, 2.45) is 0 Å². The predicted molar refractivity (Wildman–Crippen MR) is 133 cm³/mol. The number of nitrogens with zero attached hydrogens (tertiary/aromatic N) is 1. The van der Waals surface area contributed by atoms with Crippen LogP contribution in [0.3, 0.4) is 0 Å². The summed E-state index contributed by atoms with van der Waals surface area (Å²) in [6.07, 6.45) is 1.43. The molecule has 1 saturated heterocycles. The van der Waals surface area contributed by atoms with Crippen LogP contribution in [0.2, 0.25) is 0 Å². The van der Waals surface area contributed by atoms with Gasteiger partial charge in [0, 0.05) is 11.6 Å². The van der Waals surface area contributed by atoms with E-state index in [1.165, 1.54) is 11.6 Å². The number of methoxy groups -OCH3 is 1. The number of carbonyl (C=O) groups is 3. The van der Waals surface area contributed by atoms with Gasteiger partial charge >= 0.3 is 6.03 Å². The van der Waals surface area contributed by atoms with Gasteiger partial charge in [-0.05, 0) is 67.8 Å². The van der Waals surface area contributed by atoms with Crippen LogP contribution in [0.4, 0.5) is 10.5 Å². The number of carbonyl (C=O) groups excluding carboxylic acids is 3. The molecule has 178 valence electrons. The highest BCUT2D eigenvalue weighted by atomic mass is 16.5. The van der Waals surface area contributed by atoms with Crippen LogP contribution in [0, 0.1) is 20.8 Å². The molecule has 7 heteroatoms. The number of nitrogens with one attached hydrogen (secondary N) is 1. The first-order valence-electron chi connectivity index (χ1n) is 11.1. The summed E-state index contributed by atoms with van der Waals surface area (Å²) in [5.74, 6) is -0.467. The van der Waals surface area contributed by atoms with Crippen LogP contribution in [0.25, 0.3) is 6.08 Å². The normalized spacial score (nSPS) is 14.8. The van der Waals surface area contributed by atoms with Crippen molar-refractivity contribution < 1.29 is 23.9 Å². The fourth-order valence-corrected chi connectivity index (χ4v) is 3.68. The van der Waals surface area contributed by atoms with Crippen molar-refractivity contribution in [1.82, 2.24) is 5.32 Å². The molecule has 3 aromatic rings. The number of rotatable bonds is 6. The fraction of sp³-hybridized carbons (Fsp3) is 0.179. The molecule has 1 N–H and O–H groups in total. The Kier molecular flexibility index (Phi) is 6.68. The van der Waals surface area contributed by atoms with Gasteiger partial charge in [0.15, 0.2) is 0 Å². The zero-order valence-electron chi connectivity index (χ0n) is 20.0. The fourth-order valence-electron chi connectivity index (χ4n) is 3.68. The molecule has 3 aromatic carbocycles. The average Bonchev–Trinajstić information content (AvgIpc) is 2.84. The minimum atomic E-state index is -0.790. The molecule has 4 rings (SSSR count). The van der Waals surface area contributed by atoms with Gasteiger partial charge < -0.3 is 9.47 Å². The Hall–Kier alpha value is -4.39. The molecule has 0 aromatic heterocycles. The van der Waals surface area contributed by atoms with Gasteiger partial charge in [-0.3, -0.25) is 14.9 Å². The van der Waals surface area contributed by atoms with E-state index in [4.69, 9.17) is 9.47 Å². The lowest BCUT2D eigenvalue weighted by Gasteiger charge is -2.26. The van der Waals surface area contributed by atoms with Crippen LogP contribution in [0.5, 0.6) is 11.5 Å². The third-order valence-electron chi connectivity index (χ3n) is 5.88. The molecule has 7 nitrogen and oxygen atoms in total. The first kappa shape index (κ1) is 23.8. The number of hydrogen-bond acceptors (Lipinski definition) is 5. The second kappa shape index (κ2) is 9.85. The van der Waals surface area contributed by atoms with E-state index >= 15 is 0 Å². The van der Waals surface area contributed by atoms with Gasteiger partial charge in [-0.15, -0.1) is 0 Å². The molecule has 0 spiro atoms. The lowest BCUT2D eigenvalue weighted by Crippen LogP contribution is -2.54. The van der Waals surface area contributed by atoms with Gasteiger partial charge in [0.2, 0.25) is 0 Å². The second-order valence-electron chi connectivity index (χ2n) is 8.40. The minimum absolute atomic E-state index is 0.175. The Labute approximate surface area is 204 Å². The number of anilines is 1. The van der Waals surface area contributed by atoms with E-state index in [2.05, 4.69) is 11.4 Å². The second-order valence-corrected chi connectivity index (χ2v) is 8.40. The smallest absolute Gasteiger partial charge is 0.335 e. The molecule has 0 bridgehead atoms. The first-order valence-corrected chi connectivity index (χ1v) is 11.1. The molecule has 1 aliphatic rings. The van der Waals surface area contributed by atoms with Gasteiger partial charge in [-0.25, -0.2) is 9.69 Å². The highest BCUT2D eigenvalue weighted by Crippen LogP contribution is 2.30. The molecule has 35 heavy (non-hydrogen) atoms. The van der Waals surface area contributed by atoms with Crippen molar-refractivity contribution in [3.63, 3.8) is 0 Å². The number of imide groups is 2. The van der Waals surface area contributed by atoms with Crippen molar-refractivity contribution >= 4 is 29.6 Å². The maximum absolute atomic E-state index is 13.2. The molecule has 1 heterocycles. The van der Waals surface area contributed by atoms with Crippen LogP contribution >= 0.6 is 0 Å². The van der Waals surface area contributed by atoms with Gasteiger partial charge in [0.1, 0.15) is 23.7 Å². The summed E-state index contributed by atoms with van der Waals surface area (Å²) in [4.78, 5) is 39.3. The summed E-state index contributed by atoms with van der Waals surface area (Å²) < 4.78 is 11.4. The summed E-state index contributed by atoms with van der Waals surface area (Å²) in [5.41, 5.74) is 5.01. The van der Waals surface area contributed by atoms with Crippen molar-refractivity contribution in [2.75, 3.05) is 12.0 Å². The number of benzene rings is 3. The summed E-state index contributed by atoms with van der Waals surface area (Å²) in [5, 5.41) is 2.25. The van der Waals surface area contributed by atoms with Gasteiger partial charge in [0.25, 0.3) is 11.8 Å². The van der Waals surface area contributed by atoms with Crippen molar-refractivity contribution in [3.05, 3.63) is 94.1 Å². The molecule has 1 fully saturated rings. The van der Waals surface area contributed by atoms with Crippen LogP contribution in [-0.2, 0) is 16.2 Å². The molecular weight excluding hydrogens is 444 g/mol. The van der Waals surface area contributed by atoms with Gasteiger partial charge in [-0.1, -0.05) is 35.9 Å². The van der Waals surface area contributed by atoms with Crippen LogP contribution in [-0.4, -0.2) is 25.0 Å². The van der Waals surface area contributed by atoms with Crippen molar-refractivity contribution in [1.29, 1.82) is 0 Å². The van der Waals surface area contributed by atoms with Crippen LogP contribution in [0.15, 0.2) is 66.2 Å². The zero-order valence-corrected chi connectivity index (χ0v) is 20.0. The predicted octanol–water partition coefficient (Wildman–Crippen LogP) is 4.87. The molecule has 0 saturated carbocycles. The summed E-state index contributed by atoms with van der Waals surface area (Å²) >= 11 is 0. The molecule has 0 unspecified atom stereocenters. The van der Waals surface area contributed by atoms with Crippen molar-refractivity contribution in [2.45, 2.75) is 27.4 Å². The SMILES string of the molecule is COc1ccc(/C=C2\C(=O)NC(=O)N(c3ccc(C)cc3)C2=O)c(OCc2ccc(C)c(C)c2)c1. The highest BCUT2D eigenvalue weighted by Gasteiger charge is 2.37. The molecule has 0 aliphatic carbocycles. The first-order chi connectivity index (χ1) is 16.8. The van der Waals surface area contributed by atoms with E-state index in [1.807, 2.05) is 32.9 Å². The van der Waals surface area contributed by atoms with E-state index in [9.17, 15) is 14.4 Å². The number of ether oxygens (including phenoxy) is 2. The van der Waals surface area contributed by atoms with E-state index in [0.29, 0.717) is 29.4 Å². The summed E-state index contributed by atoms with van der Waals surface area (Å²) in [7, 11) is 1.55. The van der Waals surface area contributed by atoms with E-state index in [1.54, 1.807) is 49.6 Å². The lowest BCUT2D eigenvalue weighted by atomic mass is 10.1. The number of amides is 4. The highest BCUT2D eigenvalue weighted by molar-refractivity contribution is 6.39. The Balaban J connectivity index is 1.68. The number of aryl methyl sites for hydroxylation is 3. The molecular formula is C28H26N2O5. The van der Waals surface area contributed by atoms with E-state index < -0.39 is 17.8 Å². The average molecular weight is 471 g/mol. The maximum atomic E-state index is 13.2. The standard InChI is InChI=1S/C28H26N2O5/c1-17-5-10-22(11-6-17)30-27(32)24(26(31)29-28(30)33)14-21-9-12-23(34-4)15-25(21)35-16-20-8-7-18(2)19(3)13-20/h5-15H,16H2,1-4H3,(H,29,31,33)/b24-14+. The Morgan fingerprint density at radius 3 is 2.31 bits per heavy atom. The summed E-state index contributed by atoms with van der Waals surface area (Å²) in [6.45, 7) is 6.27. The third kappa shape index (κ3) is 5.09. The van der Waals surface area contributed by atoms with E-state index in [-0.39, 0.29) is 5.57 Å². The molecule has 0 atom stereocenters. The monoisotopic (exact) mass is 470 g/mol. The van der Waals surface area contributed by atoms with Crippen LogP contribution in [0.1, 0.15) is 27.8 Å². The maximum Gasteiger partial charge on any atom is 0.335 e. The largest absolute Gasteiger partial charge is 0.497 e. The third-order valence-corrected chi connectivity index (χ3v) is 5.88. The number of urea groups is 1. The lowest BCUT2D eigenvalue weighted by molar-refractivity contribution is -0.122. The Morgan fingerprint density at radius 2 is 1.63 bits per heavy atom. The van der Waals surface area contributed by atoms with Gasteiger partial charge in [-0.2, -0.15) is 0 Å². The topological polar surface area (TPSA) is 84.9 Å². The molecule has 0 radical (unpaired) electrons.